The third kappa shape index (κ3) is 3.67. The summed E-state index contributed by atoms with van der Waals surface area (Å²) in [6, 6.07) is 10.0. The SMILES string of the molecule is CCOC(=O)C1CCN(c2cnc(-c3ccccc3)cn2)CC1. The molecule has 1 aliphatic rings. The van der Waals surface area contributed by atoms with Gasteiger partial charge in [0.15, 0.2) is 0 Å². The van der Waals surface area contributed by atoms with Gasteiger partial charge in [0.05, 0.1) is 30.6 Å². The highest BCUT2D eigenvalue weighted by Crippen LogP contribution is 2.23. The van der Waals surface area contributed by atoms with E-state index in [1.807, 2.05) is 49.6 Å². The number of hydrogen-bond donors (Lipinski definition) is 0. The van der Waals surface area contributed by atoms with Crippen molar-refractivity contribution in [1.29, 1.82) is 0 Å². The second-order valence-corrected chi connectivity index (χ2v) is 5.64. The van der Waals surface area contributed by atoms with Gasteiger partial charge >= 0.3 is 5.97 Å². The van der Waals surface area contributed by atoms with E-state index in [1.165, 1.54) is 0 Å². The molecule has 0 unspecified atom stereocenters. The number of ether oxygens (including phenoxy) is 1. The summed E-state index contributed by atoms with van der Waals surface area (Å²) in [5, 5.41) is 0. The Morgan fingerprint density at radius 1 is 1.17 bits per heavy atom. The minimum Gasteiger partial charge on any atom is -0.466 e. The van der Waals surface area contributed by atoms with Gasteiger partial charge in [-0.15, -0.1) is 0 Å². The third-order valence-corrected chi connectivity index (χ3v) is 4.15. The van der Waals surface area contributed by atoms with Crippen molar-refractivity contribution in [3.63, 3.8) is 0 Å². The maximum absolute atomic E-state index is 11.8. The lowest BCUT2D eigenvalue weighted by atomic mass is 9.97. The predicted octanol–water partition coefficient (Wildman–Crippen LogP) is 2.92. The summed E-state index contributed by atoms with van der Waals surface area (Å²) >= 11 is 0. The summed E-state index contributed by atoms with van der Waals surface area (Å²) in [6.07, 6.45) is 5.23. The molecule has 23 heavy (non-hydrogen) atoms. The third-order valence-electron chi connectivity index (χ3n) is 4.15. The van der Waals surface area contributed by atoms with E-state index in [1.54, 1.807) is 0 Å². The highest BCUT2D eigenvalue weighted by atomic mass is 16.5. The molecule has 2 heterocycles. The van der Waals surface area contributed by atoms with Crippen molar-refractivity contribution in [2.24, 2.45) is 5.92 Å². The molecule has 0 aliphatic carbocycles. The summed E-state index contributed by atoms with van der Waals surface area (Å²) in [7, 11) is 0. The fourth-order valence-electron chi connectivity index (χ4n) is 2.85. The normalized spacial score (nSPS) is 15.4. The van der Waals surface area contributed by atoms with Crippen LogP contribution in [0.25, 0.3) is 11.3 Å². The van der Waals surface area contributed by atoms with Gasteiger partial charge in [0.1, 0.15) is 5.82 Å². The molecule has 0 saturated carbocycles. The number of rotatable bonds is 4. The molecular formula is C18H21N3O2. The Hall–Kier alpha value is -2.43. The molecule has 0 N–H and O–H groups in total. The predicted molar refractivity (Wildman–Crippen MR) is 89.0 cm³/mol. The molecule has 0 spiro atoms. The van der Waals surface area contributed by atoms with Gasteiger partial charge < -0.3 is 9.64 Å². The minimum absolute atomic E-state index is 0.0164. The Morgan fingerprint density at radius 3 is 2.52 bits per heavy atom. The average Bonchev–Trinajstić information content (AvgIpc) is 2.63. The van der Waals surface area contributed by atoms with E-state index in [4.69, 9.17) is 4.74 Å². The first kappa shape index (κ1) is 15.5. The highest BCUT2D eigenvalue weighted by molar-refractivity contribution is 5.72. The first-order chi connectivity index (χ1) is 11.3. The van der Waals surface area contributed by atoms with Crippen LogP contribution in [0.4, 0.5) is 5.82 Å². The fourth-order valence-corrected chi connectivity index (χ4v) is 2.85. The van der Waals surface area contributed by atoms with Crippen LogP contribution in [0.2, 0.25) is 0 Å². The van der Waals surface area contributed by atoms with Crippen LogP contribution in [0.1, 0.15) is 19.8 Å². The molecule has 1 aromatic carbocycles. The Morgan fingerprint density at radius 2 is 1.91 bits per heavy atom. The van der Waals surface area contributed by atoms with E-state index in [-0.39, 0.29) is 11.9 Å². The summed E-state index contributed by atoms with van der Waals surface area (Å²) in [6.45, 7) is 3.91. The number of anilines is 1. The summed E-state index contributed by atoms with van der Waals surface area (Å²) in [5.41, 5.74) is 1.93. The molecule has 1 aromatic heterocycles. The lowest BCUT2D eigenvalue weighted by Gasteiger charge is -2.31. The Balaban J connectivity index is 1.62. The zero-order valence-electron chi connectivity index (χ0n) is 13.3. The van der Waals surface area contributed by atoms with Crippen molar-refractivity contribution >= 4 is 11.8 Å². The topological polar surface area (TPSA) is 55.3 Å². The number of benzene rings is 1. The van der Waals surface area contributed by atoms with E-state index in [2.05, 4.69) is 14.9 Å². The summed E-state index contributed by atoms with van der Waals surface area (Å²) in [5.74, 6) is 0.812. The molecule has 2 aromatic rings. The average molecular weight is 311 g/mol. The van der Waals surface area contributed by atoms with Crippen molar-refractivity contribution in [2.45, 2.75) is 19.8 Å². The zero-order valence-corrected chi connectivity index (χ0v) is 13.3. The van der Waals surface area contributed by atoms with E-state index >= 15 is 0 Å². The maximum atomic E-state index is 11.8. The Bertz CT molecular complexity index is 635. The number of carbonyl (C=O) groups is 1. The minimum atomic E-state index is -0.0716. The quantitative estimate of drug-likeness (QED) is 0.813. The molecule has 0 bridgehead atoms. The van der Waals surface area contributed by atoms with Crippen LogP contribution in [0.5, 0.6) is 0 Å². The van der Waals surface area contributed by atoms with Crippen LogP contribution in [-0.4, -0.2) is 35.6 Å². The van der Waals surface area contributed by atoms with E-state index in [9.17, 15) is 4.79 Å². The molecule has 120 valence electrons. The molecule has 0 atom stereocenters. The largest absolute Gasteiger partial charge is 0.466 e. The van der Waals surface area contributed by atoms with E-state index in [0.29, 0.717) is 6.61 Å². The Kier molecular flexibility index (Phi) is 4.86. The number of piperidine rings is 1. The molecule has 5 nitrogen and oxygen atoms in total. The van der Waals surface area contributed by atoms with Gasteiger partial charge in [-0.2, -0.15) is 0 Å². The van der Waals surface area contributed by atoms with E-state index < -0.39 is 0 Å². The lowest BCUT2D eigenvalue weighted by molar-refractivity contribution is -0.148. The van der Waals surface area contributed by atoms with E-state index in [0.717, 1.165) is 43.0 Å². The molecule has 0 amide bonds. The van der Waals surface area contributed by atoms with Crippen LogP contribution in [-0.2, 0) is 9.53 Å². The molecule has 1 aliphatic heterocycles. The van der Waals surface area contributed by atoms with Gasteiger partial charge in [-0.3, -0.25) is 9.78 Å². The monoisotopic (exact) mass is 311 g/mol. The van der Waals surface area contributed by atoms with Crippen molar-refractivity contribution < 1.29 is 9.53 Å². The van der Waals surface area contributed by atoms with Crippen LogP contribution in [0.15, 0.2) is 42.7 Å². The second-order valence-electron chi connectivity index (χ2n) is 5.64. The molecule has 1 saturated heterocycles. The van der Waals surface area contributed by atoms with Crippen LogP contribution in [0, 0.1) is 5.92 Å². The van der Waals surface area contributed by atoms with Crippen LogP contribution in [0.3, 0.4) is 0 Å². The van der Waals surface area contributed by atoms with Crippen molar-refractivity contribution in [3.8, 4) is 11.3 Å². The number of hydrogen-bond acceptors (Lipinski definition) is 5. The number of nitrogens with zero attached hydrogens (tertiary/aromatic N) is 3. The lowest BCUT2D eigenvalue weighted by Crippen LogP contribution is -2.37. The van der Waals surface area contributed by atoms with Gasteiger partial charge in [-0.25, -0.2) is 4.98 Å². The first-order valence-electron chi connectivity index (χ1n) is 8.07. The standard InChI is InChI=1S/C18H21N3O2/c1-2-23-18(22)15-8-10-21(11-9-15)17-13-19-16(12-20-17)14-6-4-3-5-7-14/h3-7,12-13,15H,2,8-11H2,1H3. The maximum Gasteiger partial charge on any atom is 0.309 e. The molecule has 5 heteroatoms. The molecule has 0 radical (unpaired) electrons. The van der Waals surface area contributed by atoms with Crippen molar-refractivity contribution in [2.75, 3.05) is 24.6 Å². The number of aromatic nitrogens is 2. The van der Waals surface area contributed by atoms with Gasteiger partial charge in [0.2, 0.25) is 0 Å². The molecular weight excluding hydrogens is 290 g/mol. The second kappa shape index (κ2) is 7.22. The van der Waals surface area contributed by atoms with Crippen LogP contribution < -0.4 is 4.90 Å². The van der Waals surface area contributed by atoms with Gasteiger partial charge in [-0.05, 0) is 19.8 Å². The van der Waals surface area contributed by atoms with Crippen molar-refractivity contribution in [1.82, 2.24) is 9.97 Å². The zero-order chi connectivity index (χ0) is 16.1. The fraction of sp³-hybridized carbons (Fsp3) is 0.389. The van der Waals surface area contributed by atoms with Gasteiger partial charge in [-0.1, -0.05) is 30.3 Å². The van der Waals surface area contributed by atoms with Gasteiger partial charge in [0.25, 0.3) is 0 Å². The van der Waals surface area contributed by atoms with Gasteiger partial charge in [0, 0.05) is 18.7 Å². The molecule has 1 fully saturated rings. The number of esters is 1. The number of carbonyl (C=O) groups excluding carboxylic acids is 1. The first-order valence-corrected chi connectivity index (χ1v) is 8.07. The van der Waals surface area contributed by atoms with Crippen LogP contribution >= 0.6 is 0 Å². The summed E-state index contributed by atoms with van der Waals surface area (Å²) < 4.78 is 5.10. The Labute approximate surface area is 136 Å². The highest BCUT2D eigenvalue weighted by Gasteiger charge is 2.26. The molecule has 3 rings (SSSR count). The van der Waals surface area contributed by atoms with Crippen molar-refractivity contribution in [3.05, 3.63) is 42.7 Å². The smallest absolute Gasteiger partial charge is 0.309 e. The summed E-state index contributed by atoms with van der Waals surface area (Å²) in [4.78, 5) is 23.0.